The van der Waals surface area contributed by atoms with Crippen molar-refractivity contribution < 1.29 is 23.9 Å². The second kappa shape index (κ2) is 6.24. The first-order chi connectivity index (χ1) is 14.0. The van der Waals surface area contributed by atoms with Crippen molar-refractivity contribution in [3.63, 3.8) is 0 Å². The Bertz CT molecular complexity index is 943. The van der Waals surface area contributed by atoms with Gasteiger partial charge in [0.05, 0.1) is 18.6 Å². The van der Waals surface area contributed by atoms with Gasteiger partial charge in [-0.1, -0.05) is 18.2 Å². The number of esters is 1. The molecule has 3 aliphatic heterocycles. The van der Waals surface area contributed by atoms with Gasteiger partial charge in [0.2, 0.25) is 5.91 Å². The molecule has 1 aromatic rings. The average molecular weight is 396 g/mol. The van der Waals surface area contributed by atoms with Crippen molar-refractivity contribution in [1.82, 2.24) is 4.90 Å². The molecule has 2 fully saturated rings. The van der Waals surface area contributed by atoms with E-state index >= 15 is 0 Å². The molecule has 1 amide bonds. The second-order valence-electron chi connectivity index (χ2n) is 8.39. The van der Waals surface area contributed by atoms with Crippen LogP contribution in [-0.2, 0) is 29.3 Å². The van der Waals surface area contributed by atoms with E-state index in [1.165, 1.54) is 7.11 Å². The highest BCUT2D eigenvalue weighted by molar-refractivity contribution is 6.08. The zero-order valence-corrected chi connectivity index (χ0v) is 16.5. The van der Waals surface area contributed by atoms with Crippen molar-refractivity contribution in [3.8, 4) is 0 Å². The van der Waals surface area contributed by atoms with Crippen LogP contribution < -0.4 is 5.32 Å². The van der Waals surface area contributed by atoms with Crippen molar-refractivity contribution >= 4 is 23.3 Å². The number of ether oxygens (including phenoxy) is 2. The Labute approximate surface area is 169 Å². The number of hydrogen-bond acceptors (Lipinski definition) is 6. The number of nitrogens with one attached hydrogen (secondary N) is 1. The quantitative estimate of drug-likeness (QED) is 0.764. The summed E-state index contributed by atoms with van der Waals surface area (Å²) in [6, 6.07) is 6.55. The number of allylic oxidation sites excluding steroid dienone is 1. The number of benzene rings is 1. The average Bonchev–Trinajstić information content (AvgIpc) is 3.24. The van der Waals surface area contributed by atoms with Gasteiger partial charge in [-0.05, 0) is 43.0 Å². The third kappa shape index (κ3) is 2.28. The van der Waals surface area contributed by atoms with E-state index in [2.05, 4.69) is 10.2 Å². The first-order valence-electron chi connectivity index (χ1n) is 10.0. The van der Waals surface area contributed by atoms with Gasteiger partial charge in [-0.2, -0.15) is 0 Å². The monoisotopic (exact) mass is 396 g/mol. The fraction of sp³-hybridized carbons (Fsp3) is 0.500. The Balaban J connectivity index is 1.67. The molecular weight excluding hydrogens is 372 g/mol. The van der Waals surface area contributed by atoms with Gasteiger partial charge in [0.1, 0.15) is 11.6 Å². The lowest BCUT2D eigenvalue weighted by Gasteiger charge is -2.53. The zero-order chi connectivity index (χ0) is 20.4. The third-order valence-corrected chi connectivity index (χ3v) is 7.40. The molecule has 4 aliphatic rings. The summed E-state index contributed by atoms with van der Waals surface area (Å²) in [5.74, 6) is -0.454. The normalized spacial score (nSPS) is 37.8. The number of carbonyl (C=O) groups excluding carboxylic acids is 3. The second-order valence-corrected chi connectivity index (χ2v) is 8.39. The van der Waals surface area contributed by atoms with Crippen molar-refractivity contribution in [2.24, 2.45) is 0 Å². The lowest BCUT2D eigenvalue weighted by atomic mass is 9.68. The van der Waals surface area contributed by atoms with Gasteiger partial charge in [-0.3, -0.25) is 19.3 Å². The maximum Gasteiger partial charge on any atom is 0.323 e. The maximum atomic E-state index is 13.3. The predicted molar refractivity (Wildman–Crippen MR) is 104 cm³/mol. The van der Waals surface area contributed by atoms with Gasteiger partial charge in [0, 0.05) is 25.3 Å². The Hall–Kier alpha value is -2.51. The number of piperidine rings is 1. The molecule has 0 unspecified atom stereocenters. The number of rotatable bonds is 2. The van der Waals surface area contributed by atoms with Crippen molar-refractivity contribution in [1.29, 1.82) is 0 Å². The van der Waals surface area contributed by atoms with Gasteiger partial charge in [-0.25, -0.2) is 0 Å². The number of hydrogen-bond donors (Lipinski definition) is 1. The van der Waals surface area contributed by atoms with E-state index in [1.54, 1.807) is 13.2 Å². The molecule has 5 atom stereocenters. The van der Waals surface area contributed by atoms with Crippen molar-refractivity contribution in [3.05, 3.63) is 42.0 Å². The number of amides is 1. The Morgan fingerprint density at radius 2 is 2.00 bits per heavy atom. The van der Waals surface area contributed by atoms with Crippen LogP contribution in [0.25, 0.3) is 0 Å². The first-order valence-corrected chi connectivity index (χ1v) is 10.0. The molecule has 0 bridgehead atoms. The van der Waals surface area contributed by atoms with Crippen LogP contribution in [0.15, 0.2) is 36.4 Å². The van der Waals surface area contributed by atoms with Crippen LogP contribution in [0.1, 0.15) is 31.2 Å². The van der Waals surface area contributed by atoms with E-state index in [-0.39, 0.29) is 36.2 Å². The number of fused-ring (bicyclic) bond motifs is 6. The molecule has 1 aromatic carbocycles. The summed E-state index contributed by atoms with van der Waals surface area (Å²) in [6.45, 7) is 0. The van der Waals surface area contributed by atoms with Gasteiger partial charge in [0.15, 0.2) is 5.78 Å². The van der Waals surface area contributed by atoms with E-state index in [1.807, 2.05) is 30.3 Å². The minimum atomic E-state index is -0.834. The molecule has 0 saturated carbocycles. The fourth-order valence-corrected chi connectivity index (χ4v) is 6.11. The number of para-hydroxylation sites is 1. The van der Waals surface area contributed by atoms with Crippen molar-refractivity contribution in [2.75, 3.05) is 19.5 Å². The summed E-state index contributed by atoms with van der Waals surface area (Å²) in [5, 5.41) is 3.02. The zero-order valence-electron chi connectivity index (χ0n) is 16.5. The van der Waals surface area contributed by atoms with Crippen LogP contribution in [0.3, 0.4) is 0 Å². The smallest absolute Gasteiger partial charge is 0.323 e. The largest absolute Gasteiger partial charge is 0.468 e. The number of anilines is 1. The van der Waals surface area contributed by atoms with E-state index in [9.17, 15) is 14.4 Å². The fourth-order valence-electron chi connectivity index (χ4n) is 6.11. The van der Waals surface area contributed by atoms with E-state index in [0.29, 0.717) is 19.3 Å². The van der Waals surface area contributed by atoms with Gasteiger partial charge >= 0.3 is 5.97 Å². The van der Waals surface area contributed by atoms with Crippen LogP contribution in [0.5, 0.6) is 0 Å². The molecule has 5 rings (SSSR count). The molecular formula is C22H24N2O5. The topological polar surface area (TPSA) is 84.9 Å². The highest BCUT2D eigenvalue weighted by atomic mass is 16.5. The summed E-state index contributed by atoms with van der Waals surface area (Å²) >= 11 is 0. The molecule has 152 valence electrons. The van der Waals surface area contributed by atoms with E-state index < -0.39 is 17.1 Å². The molecule has 3 heterocycles. The Morgan fingerprint density at radius 3 is 2.76 bits per heavy atom. The standard InChI is InChI=1S/C22H24N2O5/c1-28-19(26)16-12-22(14-5-3-4-6-15(14)23-20(22)27)17-8-10-21(29-2)9-7-13(25)11-18(21)24(16)17/h3-7,9,16-18H,8,10-12H2,1-2H3,(H,23,27)/t16-,17-,18+,21-,22-/m0/s1. The Morgan fingerprint density at radius 1 is 1.21 bits per heavy atom. The number of methoxy groups -OCH3 is 2. The summed E-state index contributed by atoms with van der Waals surface area (Å²) in [7, 11) is 3.01. The maximum absolute atomic E-state index is 13.3. The van der Waals surface area contributed by atoms with Crippen LogP contribution in [0, 0.1) is 0 Å². The number of carbonyl (C=O) groups is 3. The summed E-state index contributed by atoms with van der Waals surface area (Å²) in [4.78, 5) is 40.6. The summed E-state index contributed by atoms with van der Waals surface area (Å²) < 4.78 is 11.0. The van der Waals surface area contributed by atoms with Gasteiger partial charge < -0.3 is 14.8 Å². The molecule has 0 radical (unpaired) electrons. The molecule has 0 aromatic heterocycles. The Kier molecular flexibility index (Phi) is 3.98. The van der Waals surface area contributed by atoms with E-state index in [0.717, 1.165) is 11.3 Å². The summed E-state index contributed by atoms with van der Waals surface area (Å²) in [6.07, 6.45) is 5.37. The third-order valence-electron chi connectivity index (χ3n) is 7.40. The molecule has 1 spiro atoms. The molecule has 1 N–H and O–H groups in total. The summed E-state index contributed by atoms with van der Waals surface area (Å²) in [5.41, 5.74) is 0.247. The molecule has 7 nitrogen and oxygen atoms in total. The lowest BCUT2D eigenvalue weighted by molar-refractivity contribution is -0.156. The van der Waals surface area contributed by atoms with Crippen molar-refractivity contribution in [2.45, 2.75) is 54.8 Å². The minimum Gasteiger partial charge on any atom is -0.468 e. The molecule has 29 heavy (non-hydrogen) atoms. The highest BCUT2D eigenvalue weighted by Crippen LogP contribution is 2.56. The highest BCUT2D eigenvalue weighted by Gasteiger charge is 2.67. The SMILES string of the molecule is COC(=O)[C@@H]1C[C@@]2(C(=O)Nc3ccccc32)[C@@H]2CC[C@@]3(OC)C=CC(=O)C[C@H]3N21. The number of nitrogens with zero attached hydrogens (tertiary/aromatic N) is 1. The van der Waals surface area contributed by atoms with E-state index in [4.69, 9.17) is 9.47 Å². The van der Waals surface area contributed by atoms with Gasteiger partial charge in [0.25, 0.3) is 0 Å². The van der Waals surface area contributed by atoms with Crippen LogP contribution in [-0.4, -0.2) is 60.5 Å². The molecule has 7 heteroatoms. The van der Waals surface area contributed by atoms with Gasteiger partial charge in [-0.15, -0.1) is 0 Å². The first kappa shape index (κ1) is 18.5. The number of ketones is 1. The predicted octanol–water partition coefficient (Wildman–Crippen LogP) is 1.57. The molecule has 1 aliphatic carbocycles. The minimum absolute atomic E-state index is 0.00386. The molecule has 2 saturated heterocycles. The van der Waals surface area contributed by atoms with Crippen LogP contribution >= 0.6 is 0 Å². The van der Waals surface area contributed by atoms with Crippen LogP contribution in [0.2, 0.25) is 0 Å². The lowest BCUT2D eigenvalue weighted by Crippen LogP contribution is -2.65. The van der Waals surface area contributed by atoms with Crippen LogP contribution in [0.4, 0.5) is 5.69 Å².